The molecule has 2 aromatic rings. The summed E-state index contributed by atoms with van der Waals surface area (Å²) in [6.45, 7) is 0. The molecule has 110 valence electrons. The van der Waals surface area contributed by atoms with Gasteiger partial charge < -0.3 is 10.2 Å². The minimum Gasteiger partial charge on any atom is -0.457 e. The van der Waals surface area contributed by atoms with Gasteiger partial charge in [0.25, 0.3) is 11.6 Å². The third-order valence-corrected chi connectivity index (χ3v) is 3.38. The topological polar surface area (TPSA) is 123 Å². The lowest BCUT2D eigenvalue weighted by atomic mass is 10.1. The fraction of sp³-hybridized carbons (Fsp3) is 0. The molecule has 0 aliphatic heterocycles. The first kappa shape index (κ1) is 15.5. The van der Waals surface area contributed by atoms with E-state index in [-0.39, 0.29) is 17.0 Å². The van der Waals surface area contributed by atoms with Gasteiger partial charge >= 0.3 is 0 Å². The van der Waals surface area contributed by atoms with Gasteiger partial charge in [0.05, 0.1) is 4.92 Å². The molecule has 0 saturated carbocycles. The molecule has 0 radical (unpaired) electrons. The van der Waals surface area contributed by atoms with E-state index < -0.39 is 10.8 Å². The number of carbonyl (C=O) groups is 1. The number of hydrogen-bond acceptors (Lipinski definition) is 5. The van der Waals surface area contributed by atoms with Gasteiger partial charge in [-0.2, -0.15) is 5.26 Å². The van der Waals surface area contributed by atoms with Crippen LogP contribution < -0.4 is 5.73 Å². The summed E-state index contributed by atoms with van der Waals surface area (Å²) in [5.74, 6) is -0.151. The van der Waals surface area contributed by atoms with Crippen molar-refractivity contribution in [2.75, 3.05) is 0 Å². The number of hydrogen-bond donors (Lipinski definition) is 1. The van der Waals surface area contributed by atoms with E-state index in [2.05, 4.69) is 15.9 Å². The number of nitriles is 1. The number of primary amides is 1. The molecule has 7 nitrogen and oxygen atoms in total. The molecule has 8 heteroatoms. The zero-order valence-corrected chi connectivity index (χ0v) is 12.5. The Morgan fingerprint density at radius 3 is 2.68 bits per heavy atom. The second-order valence-electron chi connectivity index (χ2n) is 4.16. The second-order valence-corrected chi connectivity index (χ2v) is 5.01. The Hall–Kier alpha value is -2.92. The number of nitrogens with two attached hydrogens (primary N) is 1. The van der Waals surface area contributed by atoms with Gasteiger partial charge in [-0.25, -0.2) is 0 Å². The molecule has 2 rings (SSSR count). The molecule has 1 aromatic heterocycles. The lowest BCUT2D eigenvalue weighted by Crippen LogP contribution is -2.12. The first-order chi connectivity index (χ1) is 10.4. The van der Waals surface area contributed by atoms with Crippen LogP contribution in [0.1, 0.15) is 5.76 Å². The Balaban J connectivity index is 2.39. The van der Waals surface area contributed by atoms with E-state index in [0.29, 0.717) is 15.8 Å². The fourth-order valence-corrected chi connectivity index (χ4v) is 2.26. The van der Waals surface area contributed by atoms with Gasteiger partial charge in [-0.15, -0.1) is 0 Å². The molecule has 0 fully saturated rings. The van der Waals surface area contributed by atoms with E-state index in [1.807, 2.05) is 0 Å². The van der Waals surface area contributed by atoms with Crippen molar-refractivity contribution in [3.8, 4) is 17.4 Å². The highest BCUT2D eigenvalue weighted by atomic mass is 79.9. The highest BCUT2D eigenvalue weighted by Crippen LogP contribution is 2.32. The standard InChI is InChI=1S/C14H8BrN3O4/c15-12-6-9(18(20)21)1-3-11(12)13-4-2-10(22-13)5-8(7-16)14(17)19/h1-6H,(H2,17,19)/b8-5-. The molecule has 0 unspecified atom stereocenters. The Morgan fingerprint density at radius 2 is 2.14 bits per heavy atom. The molecule has 0 spiro atoms. The summed E-state index contributed by atoms with van der Waals surface area (Å²) >= 11 is 3.24. The third kappa shape index (κ3) is 3.21. The summed E-state index contributed by atoms with van der Waals surface area (Å²) < 4.78 is 5.99. The lowest BCUT2D eigenvalue weighted by Gasteiger charge is -2.00. The van der Waals surface area contributed by atoms with Crippen molar-refractivity contribution < 1.29 is 14.1 Å². The number of nitro groups is 1. The molecular formula is C14H8BrN3O4. The third-order valence-electron chi connectivity index (χ3n) is 2.73. The number of benzene rings is 1. The largest absolute Gasteiger partial charge is 0.457 e. The second kappa shape index (κ2) is 6.24. The van der Waals surface area contributed by atoms with Crippen molar-refractivity contribution in [2.45, 2.75) is 0 Å². The van der Waals surface area contributed by atoms with Crippen LogP contribution in [-0.2, 0) is 4.79 Å². The minimum atomic E-state index is -0.850. The van der Waals surface area contributed by atoms with E-state index in [1.165, 1.54) is 24.3 Å². The molecule has 22 heavy (non-hydrogen) atoms. The van der Waals surface area contributed by atoms with Crippen molar-refractivity contribution in [3.63, 3.8) is 0 Å². The lowest BCUT2D eigenvalue weighted by molar-refractivity contribution is -0.384. The Labute approximate surface area is 132 Å². The zero-order valence-electron chi connectivity index (χ0n) is 10.9. The van der Waals surface area contributed by atoms with Crippen LogP contribution in [0.3, 0.4) is 0 Å². The van der Waals surface area contributed by atoms with Crippen LogP contribution in [0.25, 0.3) is 17.4 Å². The van der Waals surface area contributed by atoms with Crippen molar-refractivity contribution in [1.82, 2.24) is 0 Å². The maximum absolute atomic E-state index is 11.0. The van der Waals surface area contributed by atoms with Gasteiger partial charge in [0.2, 0.25) is 0 Å². The van der Waals surface area contributed by atoms with Gasteiger partial charge in [-0.1, -0.05) is 0 Å². The molecular weight excluding hydrogens is 354 g/mol. The van der Waals surface area contributed by atoms with Crippen molar-refractivity contribution >= 4 is 33.6 Å². The summed E-state index contributed by atoms with van der Waals surface area (Å²) in [4.78, 5) is 21.2. The monoisotopic (exact) mass is 361 g/mol. The first-order valence-corrected chi connectivity index (χ1v) is 6.67. The van der Waals surface area contributed by atoms with Crippen LogP contribution in [0.2, 0.25) is 0 Å². The number of nitrogens with zero attached hydrogens (tertiary/aromatic N) is 2. The highest BCUT2D eigenvalue weighted by molar-refractivity contribution is 9.10. The van der Waals surface area contributed by atoms with Crippen LogP contribution in [0, 0.1) is 21.4 Å². The van der Waals surface area contributed by atoms with Crippen LogP contribution >= 0.6 is 15.9 Å². The van der Waals surface area contributed by atoms with E-state index in [1.54, 1.807) is 18.2 Å². The van der Waals surface area contributed by atoms with Crippen LogP contribution in [-0.4, -0.2) is 10.8 Å². The summed E-state index contributed by atoms with van der Waals surface area (Å²) in [6.07, 6.45) is 1.23. The van der Waals surface area contributed by atoms with Gasteiger partial charge in [0, 0.05) is 28.2 Å². The predicted octanol–water partition coefficient (Wildman–Crippen LogP) is 3.01. The van der Waals surface area contributed by atoms with Gasteiger partial charge in [0.1, 0.15) is 23.2 Å². The summed E-state index contributed by atoms with van der Waals surface area (Å²) in [6, 6.07) is 9.09. The zero-order chi connectivity index (χ0) is 16.3. The number of rotatable bonds is 4. The van der Waals surface area contributed by atoms with Crippen LogP contribution in [0.5, 0.6) is 0 Å². The number of carbonyl (C=O) groups excluding carboxylic acids is 1. The number of halogens is 1. The summed E-state index contributed by atoms with van der Waals surface area (Å²) in [5, 5.41) is 19.5. The van der Waals surface area contributed by atoms with E-state index in [0.717, 1.165) is 0 Å². The van der Waals surface area contributed by atoms with E-state index >= 15 is 0 Å². The van der Waals surface area contributed by atoms with Gasteiger partial charge in [0.15, 0.2) is 0 Å². The normalized spacial score (nSPS) is 11.0. The summed E-state index contributed by atoms with van der Waals surface area (Å²) in [7, 11) is 0. The molecule has 2 N–H and O–H groups in total. The SMILES string of the molecule is N#C/C(=C/c1ccc(-c2ccc([N+](=O)[O-])cc2Br)o1)C(N)=O. The van der Waals surface area contributed by atoms with Crippen LogP contribution in [0.4, 0.5) is 5.69 Å². The van der Waals surface area contributed by atoms with Gasteiger partial charge in [-0.3, -0.25) is 14.9 Å². The number of nitro benzene ring substituents is 1. The average Bonchev–Trinajstić information content (AvgIpc) is 2.92. The smallest absolute Gasteiger partial charge is 0.270 e. The minimum absolute atomic E-state index is 0.0530. The summed E-state index contributed by atoms with van der Waals surface area (Å²) in [5.41, 5.74) is 5.35. The van der Waals surface area contributed by atoms with Crippen LogP contribution in [0.15, 0.2) is 44.8 Å². The van der Waals surface area contributed by atoms with E-state index in [4.69, 9.17) is 15.4 Å². The Kier molecular flexibility index (Phi) is 4.39. The maximum Gasteiger partial charge on any atom is 0.270 e. The Morgan fingerprint density at radius 1 is 1.41 bits per heavy atom. The molecule has 0 aliphatic rings. The molecule has 0 saturated heterocycles. The molecule has 0 bridgehead atoms. The molecule has 0 atom stereocenters. The molecule has 1 heterocycles. The first-order valence-electron chi connectivity index (χ1n) is 5.88. The average molecular weight is 362 g/mol. The number of amides is 1. The molecule has 0 aliphatic carbocycles. The quantitative estimate of drug-likeness (QED) is 0.388. The van der Waals surface area contributed by atoms with Crippen molar-refractivity contribution in [2.24, 2.45) is 5.73 Å². The fourth-order valence-electron chi connectivity index (χ4n) is 1.69. The predicted molar refractivity (Wildman–Crippen MR) is 81.3 cm³/mol. The molecule has 1 aromatic carbocycles. The van der Waals surface area contributed by atoms with Crippen molar-refractivity contribution in [1.29, 1.82) is 5.26 Å². The van der Waals surface area contributed by atoms with E-state index in [9.17, 15) is 14.9 Å². The van der Waals surface area contributed by atoms with Crippen molar-refractivity contribution in [3.05, 3.63) is 56.3 Å². The number of furan rings is 1. The maximum atomic E-state index is 11.0. The number of non-ortho nitro benzene ring substituents is 1. The Bertz CT molecular complexity index is 833. The van der Waals surface area contributed by atoms with Gasteiger partial charge in [-0.05, 0) is 34.1 Å². The highest BCUT2D eigenvalue weighted by Gasteiger charge is 2.13. The molecule has 1 amide bonds.